The molecular formula is C7H9INO3P. The Morgan fingerprint density at radius 3 is 2.38 bits per heavy atom. The van der Waals surface area contributed by atoms with E-state index in [9.17, 15) is 4.57 Å². The molecule has 72 valence electrons. The van der Waals surface area contributed by atoms with E-state index in [1.54, 1.807) is 24.3 Å². The molecule has 0 aliphatic rings. The molecule has 13 heavy (non-hydrogen) atoms. The highest BCUT2D eigenvalue weighted by Crippen LogP contribution is 2.48. The molecule has 0 bridgehead atoms. The molecule has 1 aromatic rings. The first-order valence-corrected chi connectivity index (χ1v) is 6.24. The summed E-state index contributed by atoms with van der Waals surface area (Å²) in [4.78, 5) is 17.7. The summed E-state index contributed by atoms with van der Waals surface area (Å²) in [5.41, 5.74) is 5.89. The van der Waals surface area contributed by atoms with Gasteiger partial charge in [0.25, 0.3) is 0 Å². The maximum atomic E-state index is 10.9. The van der Waals surface area contributed by atoms with Crippen LogP contribution in [-0.2, 0) is 4.57 Å². The Balaban J connectivity index is 3.09. The Kier molecular flexibility index (Phi) is 3.48. The third kappa shape index (κ3) is 2.75. The van der Waals surface area contributed by atoms with E-state index >= 15 is 0 Å². The molecule has 0 amide bonds. The first-order valence-electron chi connectivity index (χ1n) is 3.48. The van der Waals surface area contributed by atoms with Crippen molar-refractivity contribution in [2.75, 3.05) is 0 Å². The molecule has 1 aromatic carbocycles. The van der Waals surface area contributed by atoms with Crippen LogP contribution in [0.25, 0.3) is 0 Å². The van der Waals surface area contributed by atoms with Crippen LogP contribution >= 0.6 is 30.2 Å². The van der Waals surface area contributed by atoms with Gasteiger partial charge in [0.2, 0.25) is 0 Å². The molecule has 1 rings (SSSR count). The standard InChI is InChI=1S/C7H9INO3P/c8-6-4-2-1-3-5(6)7(9)13(10,11)12/h1-4,7H,9H2,(H2,10,11,12). The van der Waals surface area contributed by atoms with Gasteiger partial charge in [0.05, 0.1) is 0 Å². The highest BCUT2D eigenvalue weighted by molar-refractivity contribution is 14.1. The van der Waals surface area contributed by atoms with Gasteiger partial charge in [-0.1, -0.05) is 18.2 Å². The lowest BCUT2D eigenvalue weighted by Crippen LogP contribution is -2.11. The quantitative estimate of drug-likeness (QED) is 0.570. The summed E-state index contributed by atoms with van der Waals surface area (Å²) in [5.74, 6) is -1.22. The summed E-state index contributed by atoms with van der Waals surface area (Å²) in [5, 5.41) is 0. The van der Waals surface area contributed by atoms with Crippen molar-refractivity contribution in [2.45, 2.75) is 5.78 Å². The topological polar surface area (TPSA) is 83.6 Å². The van der Waals surface area contributed by atoms with Crippen LogP contribution in [0.4, 0.5) is 0 Å². The zero-order valence-corrected chi connectivity index (χ0v) is 9.64. The first kappa shape index (κ1) is 11.1. The minimum Gasteiger partial charge on any atom is -0.323 e. The minimum atomic E-state index is -4.23. The van der Waals surface area contributed by atoms with Gasteiger partial charge in [0.15, 0.2) is 0 Å². The van der Waals surface area contributed by atoms with Gasteiger partial charge in [-0.15, -0.1) is 0 Å². The Bertz CT molecular complexity index is 351. The van der Waals surface area contributed by atoms with Crippen molar-refractivity contribution < 1.29 is 14.4 Å². The smallest absolute Gasteiger partial charge is 0.323 e. The monoisotopic (exact) mass is 313 g/mol. The van der Waals surface area contributed by atoms with Crippen molar-refractivity contribution in [3.05, 3.63) is 33.4 Å². The second-order valence-electron chi connectivity index (χ2n) is 2.56. The van der Waals surface area contributed by atoms with E-state index in [4.69, 9.17) is 15.5 Å². The average Bonchev–Trinajstić information content (AvgIpc) is 2.02. The third-order valence-corrected chi connectivity index (χ3v) is 3.57. The molecule has 0 fully saturated rings. The van der Waals surface area contributed by atoms with Crippen LogP contribution in [0.1, 0.15) is 11.3 Å². The Morgan fingerprint density at radius 1 is 1.38 bits per heavy atom. The first-order chi connectivity index (χ1) is 5.93. The van der Waals surface area contributed by atoms with E-state index in [-0.39, 0.29) is 0 Å². The molecule has 0 radical (unpaired) electrons. The largest absolute Gasteiger partial charge is 0.346 e. The van der Waals surface area contributed by atoms with E-state index in [1.807, 2.05) is 22.6 Å². The maximum absolute atomic E-state index is 10.9. The van der Waals surface area contributed by atoms with Crippen molar-refractivity contribution in [3.63, 3.8) is 0 Å². The van der Waals surface area contributed by atoms with Crippen molar-refractivity contribution in [1.82, 2.24) is 0 Å². The summed E-state index contributed by atoms with van der Waals surface area (Å²) in [6, 6.07) is 6.86. The van der Waals surface area contributed by atoms with Gasteiger partial charge in [0, 0.05) is 3.57 Å². The number of nitrogens with two attached hydrogens (primary N) is 1. The van der Waals surface area contributed by atoms with Gasteiger partial charge >= 0.3 is 7.60 Å². The highest BCUT2D eigenvalue weighted by Gasteiger charge is 2.27. The van der Waals surface area contributed by atoms with Crippen molar-refractivity contribution >= 4 is 30.2 Å². The van der Waals surface area contributed by atoms with Gasteiger partial charge in [-0.25, -0.2) is 0 Å². The molecule has 1 atom stereocenters. The second kappa shape index (κ2) is 4.06. The lowest BCUT2D eigenvalue weighted by atomic mass is 10.2. The van der Waals surface area contributed by atoms with E-state index in [0.29, 0.717) is 5.56 Å². The summed E-state index contributed by atoms with van der Waals surface area (Å²) < 4.78 is 11.6. The molecule has 6 heteroatoms. The highest BCUT2D eigenvalue weighted by atomic mass is 127. The Morgan fingerprint density at radius 2 is 1.92 bits per heavy atom. The van der Waals surface area contributed by atoms with Crippen molar-refractivity contribution in [1.29, 1.82) is 0 Å². The molecule has 0 spiro atoms. The molecule has 0 aromatic heterocycles. The SMILES string of the molecule is NC(c1ccccc1I)P(=O)(O)O. The van der Waals surface area contributed by atoms with E-state index < -0.39 is 13.4 Å². The predicted molar refractivity (Wildman–Crippen MR) is 58.1 cm³/mol. The lowest BCUT2D eigenvalue weighted by molar-refractivity contribution is 0.359. The molecule has 0 aliphatic heterocycles. The average molecular weight is 313 g/mol. The molecule has 4 N–H and O–H groups in total. The number of rotatable bonds is 2. The molecule has 1 unspecified atom stereocenters. The molecule has 0 saturated carbocycles. The van der Waals surface area contributed by atoms with Gasteiger partial charge in [-0.05, 0) is 34.2 Å². The summed E-state index contributed by atoms with van der Waals surface area (Å²) in [6.07, 6.45) is 0. The van der Waals surface area contributed by atoms with Crippen LogP contribution in [0.3, 0.4) is 0 Å². The summed E-state index contributed by atoms with van der Waals surface area (Å²) >= 11 is 1.99. The van der Waals surface area contributed by atoms with Crippen molar-refractivity contribution in [3.8, 4) is 0 Å². The number of benzene rings is 1. The lowest BCUT2D eigenvalue weighted by Gasteiger charge is -2.14. The minimum absolute atomic E-state index is 0.483. The van der Waals surface area contributed by atoms with Crippen LogP contribution in [0.15, 0.2) is 24.3 Å². The fourth-order valence-corrected chi connectivity index (χ4v) is 2.45. The van der Waals surface area contributed by atoms with Gasteiger partial charge < -0.3 is 15.5 Å². The molecule has 4 nitrogen and oxygen atoms in total. The Hall–Kier alpha value is 0.0600. The van der Waals surface area contributed by atoms with E-state index in [0.717, 1.165) is 3.57 Å². The molecule has 0 aliphatic carbocycles. The normalized spacial score (nSPS) is 14.2. The summed E-state index contributed by atoms with van der Waals surface area (Å²) in [6.45, 7) is 0. The fourth-order valence-electron chi connectivity index (χ4n) is 0.896. The van der Waals surface area contributed by atoms with Crippen LogP contribution in [-0.4, -0.2) is 9.79 Å². The zero-order chi connectivity index (χ0) is 10.1. The number of halogens is 1. The van der Waals surface area contributed by atoms with Gasteiger partial charge in [0.1, 0.15) is 5.78 Å². The fraction of sp³-hybridized carbons (Fsp3) is 0.143. The molecular weight excluding hydrogens is 304 g/mol. The molecule has 0 saturated heterocycles. The zero-order valence-electron chi connectivity index (χ0n) is 6.59. The maximum Gasteiger partial charge on any atom is 0.346 e. The number of hydrogen-bond acceptors (Lipinski definition) is 2. The predicted octanol–water partition coefficient (Wildman–Crippen LogP) is 1.43. The Labute approximate surface area is 89.4 Å². The van der Waals surface area contributed by atoms with E-state index in [2.05, 4.69) is 0 Å². The van der Waals surface area contributed by atoms with Crippen LogP contribution < -0.4 is 5.73 Å². The number of hydrogen-bond donors (Lipinski definition) is 3. The summed E-state index contributed by atoms with van der Waals surface area (Å²) in [7, 11) is -4.23. The van der Waals surface area contributed by atoms with Gasteiger partial charge in [-0.2, -0.15) is 0 Å². The van der Waals surface area contributed by atoms with Crippen LogP contribution in [0.2, 0.25) is 0 Å². The van der Waals surface area contributed by atoms with E-state index in [1.165, 1.54) is 0 Å². The van der Waals surface area contributed by atoms with Gasteiger partial charge in [-0.3, -0.25) is 4.57 Å². The second-order valence-corrected chi connectivity index (χ2v) is 5.45. The molecule has 0 heterocycles. The third-order valence-electron chi connectivity index (χ3n) is 1.59. The van der Waals surface area contributed by atoms with Crippen molar-refractivity contribution in [2.24, 2.45) is 5.73 Å². The van der Waals surface area contributed by atoms with Crippen LogP contribution in [0, 0.1) is 3.57 Å². The van der Waals surface area contributed by atoms with Crippen LogP contribution in [0.5, 0.6) is 0 Å².